The molecule has 2 aromatic rings. The van der Waals surface area contributed by atoms with Crippen LogP contribution in [-0.2, 0) is 6.54 Å². The summed E-state index contributed by atoms with van der Waals surface area (Å²) in [6.07, 6.45) is 6.32. The van der Waals surface area contributed by atoms with Crippen molar-refractivity contribution >= 4 is 21.6 Å². The number of halogens is 1. The van der Waals surface area contributed by atoms with Crippen LogP contribution >= 0.6 is 15.9 Å². The number of nitrogens with one attached hydrogen (secondary N) is 1. The Bertz CT molecular complexity index is 563. The Kier molecular flexibility index (Phi) is 4.08. The van der Waals surface area contributed by atoms with Crippen LogP contribution in [0.1, 0.15) is 24.4 Å². The maximum absolute atomic E-state index is 8.93. The fourth-order valence-electron chi connectivity index (χ4n) is 2.42. The highest BCUT2D eigenvalue weighted by atomic mass is 79.9. The van der Waals surface area contributed by atoms with Crippen LogP contribution < -0.4 is 5.32 Å². The SMILES string of the molecule is OCCn1cc(NC(c2ccc(Br)cc2)C2CC2)cn1. The summed E-state index contributed by atoms with van der Waals surface area (Å²) < 4.78 is 2.86. The Morgan fingerprint density at radius 2 is 2.10 bits per heavy atom. The van der Waals surface area contributed by atoms with Crippen LogP contribution in [0.2, 0.25) is 0 Å². The van der Waals surface area contributed by atoms with Gasteiger partial charge in [0.25, 0.3) is 0 Å². The first-order valence-electron chi connectivity index (χ1n) is 6.91. The Labute approximate surface area is 126 Å². The van der Waals surface area contributed by atoms with E-state index in [1.54, 1.807) is 4.68 Å². The van der Waals surface area contributed by atoms with Crippen molar-refractivity contribution < 1.29 is 5.11 Å². The van der Waals surface area contributed by atoms with Crippen molar-refractivity contribution in [2.45, 2.75) is 25.4 Å². The van der Waals surface area contributed by atoms with E-state index in [0.29, 0.717) is 18.5 Å². The first-order valence-corrected chi connectivity index (χ1v) is 7.71. The van der Waals surface area contributed by atoms with Gasteiger partial charge in [-0.1, -0.05) is 28.1 Å². The van der Waals surface area contributed by atoms with Crippen molar-refractivity contribution in [1.29, 1.82) is 0 Å². The second-order valence-electron chi connectivity index (χ2n) is 5.23. The highest BCUT2D eigenvalue weighted by Crippen LogP contribution is 2.43. The molecule has 1 fully saturated rings. The van der Waals surface area contributed by atoms with Gasteiger partial charge in [0.2, 0.25) is 0 Å². The quantitative estimate of drug-likeness (QED) is 0.852. The predicted molar refractivity (Wildman–Crippen MR) is 82.5 cm³/mol. The van der Waals surface area contributed by atoms with Crippen molar-refractivity contribution in [3.63, 3.8) is 0 Å². The lowest BCUT2D eigenvalue weighted by Gasteiger charge is -2.19. The monoisotopic (exact) mass is 335 g/mol. The minimum absolute atomic E-state index is 0.111. The molecule has 1 unspecified atom stereocenters. The topological polar surface area (TPSA) is 50.1 Å². The van der Waals surface area contributed by atoms with Gasteiger partial charge in [-0.2, -0.15) is 5.10 Å². The molecule has 5 heteroatoms. The third kappa shape index (κ3) is 3.22. The van der Waals surface area contributed by atoms with E-state index in [1.165, 1.54) is 18.4 Å². The molecule has 20 heavy (non-hydrogen) atoms. The van der Waals surface area contributed by atoms with Crippen molar-refractivity contribution in [3.8, 4) is 0 Å². The molecule has 0 amide bonds. The normalized spacial score (nSPS) is 16.1. The maximum atomic E-state index is 8.93. The molecule has 0 bridgehead atoms. The first-order chi connectivity index (χ1) is 9.76. The molecule has 0 saturated heterocycles. The molecule has 1 atom stereocenters. The lowest BCUT2D eigenvalue weighted by atomic mass is 10.0. The van der Waals surface area contributed by atoms with Crippen LogP contribution in [-0.4, -0.2) is 21.5 Å². The Morgan fingerprint density at radius 1 is 1.35 bits per heavy atom. The molecule has 1 aliphatic rings. The maximum Gasteiger partial charge on any atom is 0.0731 e. The van der Waals surface area contributed by atoms with E-state index in [9.17, 15) is 0 Å². The van der Waals surface area contributed by atoms with E-state index in [1.807, 2.05) is 12.4 Å². The first kappa shape index (κ1) is 13.6. The molecule has 1 heterocycles. The van der Waals surface area contributed by atoms with Gasteiger partial charge in [0.1, 0.15) is 0 Å². The summed E-state index contributed by atoms with van der Waals surface area (Å²) >= 11 is 3.48. The highest BCUT2D eigenvalue weighted by Gasteiger charge is 2.32. The van der Waals surface area contributed by atoms with Gasteiger partial charge < -0.3 is 10.4 Å². The van der Waals surface area contributed by atoms with E-state index in [2.05, 4.69) is 50.6 Å². The van der Waals surface area contributed by atoms with Crippen molar-refractivity contribution in [2.75, 3.05) is 11.9 Å². The van der Waals surface area contributed by atoms with Crippen LogP contribution in [0.4, 0.5) is 5.69 Å². The molecule has 106 valence electrons. The lowest BCUT2D eigenvalue weighted by molar-refractivity contribution is 0.269. The van der Waals surface area contributed by atoms with Gasteiger partial charge in [0, 0.05) is 10.7 Å². The number of aromatic nitrogens is 2. The largest absolute Gasteiger partial charge is 0.394 e. The highest BCUT2D eigenvalue weighted by molar-refractivity contribution is 9.10. The summed E-state index contributed by atoms with van der Waals surface area (Å²) in [5.74, 6) is 0.706. The number of rotatable bonds is 6. The van der Waals surface area contributed by atoms with Crippen LogP contribution in [0.15, 0.2) is 41.1 Å². The second-order valence-corrected chi connectivity index (χ2v) is 6.14. The Balaban J connectivity index is 1.75. The van der Waals surface area contributed by atoms with E-state index < -0.39 is 0 Å². The average Bonchev–Trinajstić information content (AvgIpc) is 3.19. The van der Waals surface area contributed by atoms with Crippen LogP contribution in [0.25, 0.3) is 0 Å². The summed E-state index contributed by atoms with van der Waals surface area (Å²) in [4.78, 5) is 0. The van der Waals surface area contributed by atoms with Crippen molar-refractivity contribution in [2.24, 2.45) is 5.92 Å². The predicted octanol–water partition coefficient (Wildman–Crippen LogP) is 3.20. The lowest BCUT2D eigenvalue weighted by Crippen LogP contribution is -2.12. The van der Waals surface area contributed by atoms with E-state index in [4.69, 9.17) is 5.11 Å². The zero-order valence-electron chi connectivity index (χ0n) is 11.2. The standard InChI is InChI=1S/C15H18BrN3O/c16-13-5-3-12(4-6-13)15(11-1-2-11)18-14-9-17-19(10-14)7-8-20/h3-6,9-11,15,18,20H,1-2,7-8H2. The summed E-state index contributed by atoms with van der Waals surface area (Å²) in [6, 6.07) is 8.84. The molecule has 4 nitrogen and oxygen atoms in total. The summed E-state index contributed by atoms with van der Waals surface area (Å²) in [7, 11) is 0. The minimum atomic E-state index is 0.111. The fraction of sp³-hybridized carbons (Fsp3) is 0.400. The number of hydrogen-bond donors (Lipinski definition) is 2. The second kappa shape index (κ2) is 5.97. The molecule has 1 aliphatic carbocycles. The summed E-state index contributed by atoms with van der Waals surface area (Å²) in [6.45, 7) is 0.647. The molecule has 1 aromatic heterocycles. The van der Waals surface area contributed by atoms with Crippen molar-refractivity contribution in [3.05, 3.63) is 46.7 Å². The molecular weight excluding hydrogens is 318 g/mol. The third-order valence-corrected chi connectivity index (χ3v) is 4.14. The molecular formula is C15H18BrN3O. The van der Waals surface area contributed by atoms with Crippen LogP contribution in [0, 0.1) is 5.92 Å². The number of anilines is 1. The van der Waals surface area contributed by atoms with Gasteiger partial charge in [0.05, 0.1) is 31.1 Å². The molecule has 0 spiro atoms. The number of aliphatic hydroxyl groups is 1. The average molecular weight is 336 g/mol. The third-order valence-electron chi connectivity index (χ3n) is 3.61. The summed E-state index contributed by atoms with van der Waals surface area (Å²) in [5, 5.41) is 16.7. The zero-order valence-corrected chi connectivity index (χ0v) is 12.8. The zero-order chi connectivity index (χ0) is 13.9. The van der Waals surface area contributed by atoms with Gasteiger partial charge in [-0.3, -0.25) is 4.68 Å². The number of benzene rings is 1. The van der Waals surface area contributed by atoms with Gasteiger partial charge in [-0.25, -0.2) is 0 Å². The van der Waals surface area contributed by atoms with Crippen LogP contribution in [0.5, 0.6) is 0 Å². The molecule has 0 aliphatic heterocycles. The Morgan fingerprint density at radius 3 is 2.75 bits per heavy atom. The van der Waals surface area contributed by atoms with Crippen molar-refractivity contribution in [1.82, 2.24) is 9.78 Å². The van der Waals surface area contributed by atoms with E-state index in [0.717, 1.165) is 10.2 Å². The van der Waals surface area contributed by atoms with Gasteiger partial charge >= 0.3 is 0 Å². The Hall–Kier alpha value is -1.33. The smallest absolute Gasteiger partial charge is 0.0731 e. The fourth-order valence-corrected chi connectivity index (χ4v) is 2.68. The van der Waals surface area contributed by atoms with Gasteiger partial charge in [0.15, 0.2) is 0 Å². The van der Waals surface area contributed by atoms with Crippen LogP contribution in [0.3, 0.4) is 0 Å². The molecule has 0 radical (unpaired) electrons. The van der Waals surface area contributed by atoms with E-state index in [-0.39, 0.29) is 6.61 Å². The van der Waals surface area contributed by atoms with Gasteiger partial charge in [-0.15, -0.1) is 0 Å². The number of aliphatic hydroxyl groups excluding tert-OH is 1. The van der Waals surface area contributed by atoms with Gasteiger partial charge in [-0.05, 0) is 36.5 Å². The summed E-state index contributed by atoms with van der Waals surface area (Å²) in [5.41, 5.74) is 2.32. The molecule has 3 rings (SSSR count). The molecule has 1 saturated carbocycles. The number of nitrogens with zero attached hydrogens (tertiary/aromatic N) is 2. The minimum Gasteiger partial charge on any atom is -0.394 e. The van der Waals surface area contributed by atoms with E-state index >= 15 is 0 Å². The number of hydrogen-bond acceptors (Lipinski definition) is 3. The molecule has 2 N–H and O–H groups in total. The molecule has 1 aromatic carbocycles.